The van der Waals surface area contributed by atoms with E-state index in [2.05, 4.69) is 23.8 Å². The fourth-order valence-electron chi connectivity index (χ4n) is 2.52. The minimum Gasteiger partial charge on any atom is -0.387 e. The van der Waals surface area contributed by atoms with Gasteiger partial charge in [-0.05, 0) is 11.6 Å². The summed E-state index contributed by atoms with van der Waals surface area (Å²) in [5.41, 5.74) is 5.93. The van der Waals surface area contributed by atoms with E-state index in [1.54, 1.807) is 0 Å². The minimum absolute atomic E-state index is 0.0301. The highest BCUT2D eigenvalue weighted by molar-refractivity contribution is 7.60. The molecule has 0 bridgehead atoms. The van der Waals surface area contributed by atoms with Gasteiger partial charge in [0.25, 0.3) is 0 Å². The number of phosphoric acid groups is 2. The van der Waals surface area contributed by atoms with E-state index in [-0.39, 0.29) is 22.3 Å². The molecule has 0 saturated carbocycles. The highest BCUT2D eigenvalue weighted by atomic mass is 35.5. The van der Waals surface area contributed by atoms with Gasteiger partial charge in [0.1, 0.15) is 23.8 Å². The van der Waals surface area contributed by atoms with Gasteiger partial charge in [0, 0.05) is 0 Å². The van der Waals surface area contributed by atoms with Crippen LogP contribution in [0.3, 0.4) is 0 Å². The third kappa shape index (κ3) is 4.50. The molecule has 0 aromatic carbocycles. The molecule has 15 nitrogen and oxygen atoms in total. The zero-order valence-electron chi connectivity index (χ0n) is 13.5. The maximum atomic E-state index is 11.5. The van der Waals surface area contributed by atoms with Crippen LogP contribution in [0.25, 0.3) is 11.2 Å². The molecule has 1 aliphatic rings. The van der Waals surface area contributed by atoms with Gasteiger partial charge in [-0.2, -0.15) is 14.3 Å². The normalized spacial score (nSPS) is 27.9. The highest BCUT2D eigenvalue weighted by Crippen LogP contribution is 2.57. The molecule has 3 rings (SSSR count). The van der Waals surface area contributed by atoms with Gasteiger partial charge in [0.05, 0.1) is 12.9 Å². The molecule has 3 heterocycles. The first kappa shape index (κ1) is 21.5. The van der Waals surface area contributed by atoms with Crippen LogP contribution in [-0.2, 0) is 22.7 Å². The van der Waals surface area contributed by atoms with Gasteiger partial charge < -0.3 is 35.4 Å². The van der Waals surface area contributed by atoms with Gasteiger partial charge in [-0.3, -0.25) is 9.09 Å². The molecule has 2 aromatic heterocycles. The number of halogens is 1. The van der Waals surface area contributed by atoms with Crippen molar-refractivity contribution < 1.29 is 47.6 Å². The lowest BCUT2D eigenvalue weighted by Gasteiger charge is -2.17. The van der Waals surface area contributed by atoms with E-state index < -0.39 is 46.8 Å². The van der Waals surface area contributed by atoms with Crippen LogP contribution in [0.15, 0.2) is 6.33 Å². The Morgan fingerprint density at radius 2 is 1.93 bits per heavy atom. The van der Waals surface area contributed by atoms with Crippen LogP contribution >= 0.6 is 27.2 Å². The molecule has 5 atom stereocenters. The largest absolute Gasteiger partial charge is 0.481 e. The summed E-state index contributed by atoms with van der Waals surface area (Å²) < 4.78 is 36.8. The second-order valence-corrected chi connectivity index (χ2v) is 8.75. The molecule has 18 heteroatoms. The van der Waals surface area contributed by atoms with E-state index in [1.807, 2.05) is 0 Å². The lowest BCUT2D eigenvalue weighted by Crippen LogP contribution is -2.33. The smallest absolute Gasteiger partial charge is 0.387 e. The maximum Gasteiger partial charge on any atom is 0.481 e. The van der Waals surface area contributed by atoms with Crippen molar-refractivity contribution in [2.24, 2.45) is 0 Å². The van der Waals surface area contributed by atoms with Gasteiger partial charge >= 0.3 is 15.6 Å². The molecule has 0 radical (unpaired) electrons. The molecule has 0 amide bonds. The number of anilines is 1. The van der Waals surface area contributed by atoms with Crippen LogP contribution in [0, 0.1) is 0 Å². The van der Waals surface area contributed by atoms with Gasteiger partial charge in [-0.1, -0.05) is 0 Å². The Hall–Kier alpha value is -1.22. The van der Waals surface area contributed by atoms with Gasteiger partial charge in [0.2, 0.25) is 5.28 Å². The summed E-state index contributed by atoms with van der Waals surface area (Å²) in [6, 6.07) is 0. The second kappa shape index (κ2) is 7.55. The average Bonchev–Trinajstić information content (AvgIpc) is 3.06. The van der Waals surface area contributed by atoms with E-state index in [0.29, 0.717) is 0 Å². The molecule has 2 aromatic rings. The number of hydrogen-bond acceptors (Lipinski definition) is 11. The maximum absolute atomic E-state index is 11.5. The summed E-state index contributed by atoms with van der Waals surface area (Å²) in [6.07, 6.45) is -4.59. The van der Waals surface area contributed by atoms with Gasteiger partial charge in [-0.15, -0.1) is 0 Å². The van der Waals surface area contributed by atoms with Gasteiger partial charge in [0.15, 0.2) is 17.7 Å². The molecular formula is C10H14ClN5O10P2. The lowest BCUT2D eigenvalue weighted by molar-refractivity contribution is -0.0503. The van der Waals surface area contributed by atoms with Crippen molar-refractivity contribution in [3.8, 4) is 0 Å². The number of fused-ring (bicyclic) bond motifs is 1. The van der Waals surface area contributed by atoms with Crippen LogP contribution < -0.4 is 5.73 Å². The van der Waals surface area contributed by atoms with Gasteiger partial charge in [-0.25, -0.2) is 14.1 Å². The molecule has 156 valence electrons. The van der Waals surface area contributed by atoms with E-state index >= 15 is 0 Å². The highest BCUT2D eigenvalue weighted by Gasteiger charge is 2.46. The number of aromatic nitrogens is 4. The van der Waals surface area contributed by atoms with Crippen LogP contribution in [-0.4, -0.2) is 69.3 Å². The van der Waals surface area contributed by atoms with Crippen molar-refractivity contribution in [3.05, 3.63) is 11.6 Å². The Labute approximate surface area is 160 Å². The van der Waals surface area contributed by atoms with Crippen LogP contribution in [0.1, 0.15) is 6.23 Å². The van der Waals surface area contributed by atoms with Crippen LogP contribution in [0.2, 0.25) is 5.28 Å². The number of nitrogen functional groups attached to an aromatic ring is 1. The monoisotopic (exact) mass is 461 g/mol. The number of ether oxygens (including phenoxy) is 1. The molecule has 0 aliphatic carbocycles. The Bertz CT molecular complexity index is 983. The predicted molar refractivity (Wildman–Crippen MR) is 89.6 cm³/mol. The Morgan fingerprint density at radius 3 is 2.57 bits per heavy atom. The summed E-state index contributed by atoms with van der Waals surface area (Å²) in [5.74, 6) is -0.0301. The van der Waals surface area contributed by atoms with Crippen molar-refractivity contribution >= 4 is 44.2 Å². The van der Waals surface area contributed by atoms with Crippen LogP contribution in [0.4, 0.5) is 5.82 Å². The number of hydrogen-bond donors (Lipinski definition) is 6. The third-order valence-electron chi connectivity index (χ3n) is 3.64. The zero-order valence-corrected chi connectivity index (χ0v) is 16.1. The molecule has 1 fully saturated rings. The topological polar surface area (TPSA) is 233 Å². The Kier molecular flexibility index (Phi) is 5.80. The molecule has 28 heavy (non-hydrogen) atoms. The number of nitrogens with two attached hydrogens (primary N) is 1. The molecule has 3 unspecified atom stereocenters. The van der Waals surface area contributed by atoms with Crippen molar-refractivity contribution in [3.63, 3.8) is 0 Å². The number of imidazole rings is 1. The molecule has 1 saturated heterocycles. The summed E-state index contributed by atoms with van der Waals surface area (Å²) in [4.78, 5) is 38.0. The summed E-state index contributed by atoms with van der Waals surface area (Å²) in [5, 5.41) is 20.1. The number of aliphatic hydroxyl groups is 2. The second-order valence-electron chi connectivity index (χ2n) is 5.58. The fraction of sp³-hybridized carbons (Fsp3) is 0.500. The number of nitrogens with zero attached hydrogens (tertiary/aromatic N) is 4. The SMILES string of the molecule is Nc1nc(Cl)nc2c1ncn2[C@@H]1O[C@H](COP(=O)(O)OP(=O)(O)O)C(O)C1O. The van der Waals surface area contributed by atoms with E-state index in [0.717, 1.165) is 0 Å². The first-order chi connectivity index (χ1) is 12.9. The van der Waals surface area contributed by atoms with E-state index in [9.17, 15) is 24.2 Å². The van der Waals surface area contributed by atoms with E-state index in [1.165, 1.54) is 10.9 Å². The van der Waals surface area contributed by atoms with Crippen LogP contribution in [0.5, 0.6) is 0 Å². The first-order valence-electron chi connectivity index (χ1n) is 7.29. The quantitative estimate of drug-likeness (QED) is 0.221. The molecule has 1 aliphatic heterocycles. The van der Waals surface area contributed by atoms with Crippen molar-refractivity contribution in [2.75, 3.05) is 12.3 Å². The van der Waals surface area contributed by atoms with Crippen molar-refractivity contribution in [2.45, 2.75) is 24.5 Å². The number of rotatable bonds is 6. The Morgan fingerprint density at radius 1 is 1.25 bits per heavy atom. The summed E-state index contributed by atoms with van der Waals surface area (Å²) in [6.45, 7) is -0.840. The third-order valence-corrected chi connectivity index (χ3v) is 5.96. The first-order valence-corrected chi connectivity index (χ1v) is 10.7. The lowest BCUT2D eigenvalue weighted by atomic mass is 10.1. The summed E-state index contributed by atoms with van der Waals surface area (Å²) >= 11 is 5.75. The number of aliphatic hydroxyl groups excluding tert-OH is 2. The van der Waals surface area contributed by atoms with Crippen molar-refractivity contribution in [1.29, 1.82) is 0 Å². The molecular weight excluding hydrogens is 448 g/mol. The minimum atomic E-state index is -5.31. The fourth-order valence-corrected chi connectivity index (χ4v) is 4.29. The standard InChI is InChI=1S/C10H14ClN5O10P2/c11-10-14-7(12)4-8(15-10)16(2-13-4)9-6(18)5(17)3(25-9)1-24-28(22,23)26-27(19,20)21/h2-3,5-6,9,17-18H,1H2,(H,22,23)(H2,12,14,15)(H2,19,20,21)/t3-,5?,6?,9-/m1/s1. The molecule has 7 N–H and O–H groups in total. The van der Waals surface area contributed by atoms with E-state index in [4.69, 9.17) is 31.9 Å². The summed E-state index contributed by atoms with van der Waals surface area (Å²) in [7, 11) is -10.5. The predicted octanol–water partition coefficient (Wildman–Crippen LogP) is -1.09. The average molecular weight is 462 g/mol. The molecule has 0 spiro atoms. The number of phosphoric ester groups is 1. The van der Waals surface area contributed by atoms with Crippen molar-refractivity contribution in [1.82, 2.24) is 19.5 Å². The Balaban J connectivity index is 1.78. The zero-order chi connectivity index (χ0) is 20.9.